The minimum Gasteiger partial charge on any atom is -0.339 e. The molecule has 4 rings (SSSR count). The van der Waals surface area contributed by atoms with Crippen LogP contribution in [-0.2, 0) is 19.9 Å². The summed E-state index contributed by atoms with van der Waals surface area (Å²) in [5, 5.41) is 8.94. The molecular formula is C28H29N3O5S2. The molecule has 0 bridgehead atoms. The van der Waals surface area contributed by atoms with Crippen LogP contribution in [0.1, 0.15) is 54.1 Å². The molecule has 10 heteroatoms. The SMILES string of the molecule is CC(C)c1ccc(S(=O)(=O)c2ccccc2)cc1S(=O)(=O)NC1CCN(C(=O)c2ccc(C#N)cc2)CC1. The number of carbonyl (C=O) groups is 1. The maximum Gasteiger partial charge on any atom is 0.253 e. The van der Waals surface area contributed by atoms with Crippen LogP contribution in [0.25, 0.3) is 0 Å². The fourth-order valence-electron chi connectivity index (χ4n) is 4.48. The third-order valence-corrected chi connectivity index (χ3v) is 9.97. The van der Waals surface area contributed by atoms with Crippen molar-refractivity contribution in [3.05, 3.63) is 89.5 Å². The average Bonchev–Trinajstić information content (AvgIpc) is 2.93. The summed E-state index contributed by atoms with van der Waals surface area (Å²) in [7, 11) is -7.95. The lowest BCUT2D eigenvalue weighted by molar-refractivity contribution is 0.0711. The molecular weight excluding hydrogens is 522 g/mol. The summed E-state index contributed by atoms with van der Waals surface area (Å²) in [5.74, 6) is -0.321. The van der Waals surface area contributed by atoms with E-state index in [-0.39, 0.29) is 26.5 Å². The summed E-state index contributed by atoms with van der Waals surface area (Å²) in [6, 6.07) is 20.2. The number of hydrogen-bond donors (Lipinski definition) is 1. The summed E-state index contributed by atoms with van der Waals surface area (Å²) >= 11 is 0. The van der Waals surface area contributed by atoms with Gasteiger partial charge in [0, 0.05) is 24.7 Å². The number of likely N-dealkylation sites (tertiary alicyclic amines) is 1. The Balaban J connectivity index is 1.52. The second-order valence-corrected chi connectivity index (χ2v) is 13.2. The minimum atomic E-state index is -4.05. The van der Waals surface area contributed by atoms with Gasteiger partial charge < -0.3 is 4.90 Å². The lowest BCUT2D eigenvalue weighted by Gasteiger charge is -2.32. The molecule has 0 spiro atoms. The normalized spacial score (nSPS) is 14.8. The van der Waals surface area contributed by atoms with Gasteiger partial charge in [-0.15, -0.1) is 0 Å². The number of carbonyl (C=O) groups excluding carboxylic acids is 1. The van der Waals surface area contributed by atoms with Gasteiger partial charge in [0.2, 0.25) is 19.9 Å². The van der Waals surface area contributed by atoms with E-state index in [2.05, 4.69) is 4.72 Å². The van der Waals surface area contributed by atoms with Crippen LogP contribution in [0.3, 0.4) is 0 Å². The standard InChI is InChI=1S/C28H29N3O5S2/c1-20(2)26-13-12-25(37(33,34)24-6-4-3-5-7-24)18-27(26)38(35,36)30-23-14-16-31(17-15-23)28(32)22-10-8-21(19-29)9-11-22/h3-13,18,20,23,30H,14-17H2,1-2H3. The van der Waals surface area contributed by atoms with Crippen LogP contribution in [0.5, 0.6) is 0 Å². The molecule has 1 amide bonds. The minimum absolute atomic E-state index is 0.0550. The van der Waals surface area contributed by atoms with Gasteiger partial charge in [0.1, 0.15) is 0 Å². The molecule has 1 heterocycles. The maximum atomic E-state index is 13.5. The Morgan fingerprint density at radius 1 is 0.921 bits per heavy atom. The van der Waals surface area contributed by atoms with Crippen molar-refractivity contribution in [3.63, 3.8) is 0 Å². The lowest BCUT2D eigenvalue weighted by atomic mass is 10.0. The van der Waals surface area contributed by atoms with Gasteiger partial charge in [-0.3, -0.25) is 4.79 Å². The van der Waals surface area contributed by atoms with Crippen molar-refractivity contribution in [3.8, 4) is 6.07 Å². The first kappa shape index (κ1) is 27.5. The van der Waals surface area contributed by atoms with Crippen LogP contribution in [0.15, 0.2) is 87.5 Å². The fraction of sp³-hybridized carbons (Fsp3) is 0.286. The summed E-state index contributed by atoms with van der Waals surface area (Å²) in [4.78, 5) is 14.4. The van der Waals surface area contributed by atoms with Gasteiger partial charge in [-0.05, 0) is 72.9 Å². The Hall–Kier alpha value is -3.52. The van der Waals surface area contributed by atoms with Gasteiger partial charge in [-0.1, -0.05) is 38.1 Å². The van der Waals surface area contributed by atoms with E-state index in [4.69, 9.17) is 5.26 Å². The van der Waals surface area contributed by atoms with E-state index in [1.165, 1.54) is 24.3 Å². The molecule has 38 heavy (non-hydrogen) atoms. The quantitative estimate of drug-likeness (QED) is 0.472. The predicted molar refractivity (Wildman–Crippen MR) is 143 cm³/mol. The Morgan fingerprint density at radius 2 is 1.55 bits per heavy atom. The average molecular weight is 552 g/mol. The van der Waals surface area contributed by atoms with Crippen LogP contribution in [0.4, 0.5) is 0 Å². The number of nitrogens with zero attached hydrogens (tertiary/aromatic N) is 2. The zero-order chi connectivity index (χ0) is 27.5. The Labute approximate surface area is 223 Å². The van der Waals surface area contributed by atoms with Gasteiger partial charge in [-0.25, -0.2) is 21.6 Å². The van der Waals surface area contributed by atoms with E-state index < -0.39 is 25.9 Å². The molecule has 0 saturated carbocycles. The first-order chi connectivity index (χ1) is 18.0. The number of hydrogen-bond acceptors (Lipinski definition) is 6. The molecule has 1 aliphatic rings. The van der Waals surface area contributed by atoms with Crippen molar-refractivity contribution in [1.29, 1.82) is 5.26 Å². The van der Waals surface area contributed by atoms with Crippen LogP contribution in [0.2, 0.25) is 0 Å². The molecule has 0 unspecified atom stereocenters. The molecule has 1 aliphatic heterocycles. The number of nitrogens with one attached hydrogen (secondary N) is 1. The van der Waals surface area contributed by atoms with Gasteiger partial charge in [-0.2, -0.15) is 5.26 Å². The number of nitriles is 1. The molecule has 0 radical (unpaired) electrons. The molecule has 1 saturated heterocycles. The van der Waals surface area contributed by atoms with Gasteiger partial charge >= 0.3 is 0 Å². The number of benzene rings is 3. The van der Waals surface area contributed by atoms with Crippen molar-refractivity contribution < 1.29 is 21.6 Å². The van der Waals surface area contributed by atoms with Gasteiger partial charge in [0.05, 0.1) is 26.3 Å². The summed E-state index contributed by atoms with van der Waals surface area (Å²) in [6.07, 6.45) is 0.834. The summed E-state index contributed by atoms with van der Waals surface area (Å²) < 4.78 is 56.1. The van der Waals surface area contributed by atoms with E-state index >= 15 is 0 Å². The highest BCUT2D eigenvalue weighted by molar-refractivity contribution is 7.91. The molecule has 0 aliphatic carbocycles. The predicted octanol–water partition coefficient (Wildman–Crippen LogP) is 4.10. The number of sulfonamides is 1. The van der Waals surface area contributed by atoms with Crippen LogP contribution in [0, 0.1) is 11.3 Å². The molecule has 1 N–H and O–H groups in total. The van der Waals surface area contributed by atoms with Crippen LogP contribution >= 0.6 is 0 Å². The van der Waals surface area contributed by atoms with Crippen LogP contribution < -0.4 is 4.72 Å². The Bertz CT molecular complexity index is 1570. The Kier molecular flexibility index (Phi) is 8.02. The van der Waals surface area contributed by atoms with E-state index in [1.807, 2.05) is 19.9 Å². The molecule has 3 aromatic carbocycles. The smallest absolute Gasteiger partial charge is 0.253 e. The summed E-state index contributed by atoms with van der Waals surface area (Å²) in [5.41, 5.74) is 1.47. The molecule has 198 valence electrons. The van der Waals surface area contributed by atoms with E-state index in [9.17, 15) is 21.6 Å². The zero-order valence-electron chi connectivity index (χ0n) is 21.2. The van der Waals surface area contributed by atoms with Gasteiger partial charge in [0.15, 0.2) is 0 Å². The highest BCUT2D eigenvalue weighted by atomic mass is 32.2. The molecule has 1 fully saturated rings. The second kappa shape index (κ2) is 11.1. The largest absolute Gasteiger partial charge is 0.339 e. The molecule has 0 atom stereocenters. The van der Waals surface area contributed by atoms with Crippen molar-refractivity contribution in [1.82, 2.24) is 9.62 Å². The van der Waals surface area contributed by atoms with E-state index in [1.54, 1.807) is 53.4 Å². The van der Waals surface area contributed by atoms with E-state index in [0.29, 0.717) is 42.6 Å². The zero-order valence-corrected chi connectivity index (χ0v) is 22.8. The monoisotopic (exact) mass is 551 g/mol. The lowest BCUT2D eigenvalue weighted by Crippen LogP contribution is -2.46. The van der Waals surface area contributed by atoms with Crippen LogP contribution in [-0.4, -0.2) is 46.8 Å². The van der Waals surface area contributed by atoms with Crippen molar-refractivity contribution in [2.45, 2.75) is 53.3 Å². The maximum absolute atomic E-state index is 13.5. The third kappa shape index (κ3) is 5.80. The Morgan fingerprint density at radius 3 is 2.13 bits per heavy atom. The number of amides is 1. The van der Waals surface area contributed by atoms with E-state index in [0.717, 1.165) is 0 Å². The molecule has 3 aromatic rings. The second-order valence-electron chi connectivity index (χ2n) is 9.55. The topological polar surface area (TPSA) is 124 Å². The first-order valence-electron chi connectivity index (χ1n) is 12.3. The number of piperidine rings is 1. The third-order valence-electron chi connectivity index (χ3n) is 6.63. The van der Waals surface area contributed by atoms with Crippen molar-refractivity contribution in [2.24, 2.45) is 0 Å². The number of rotatable bonds is 7. The first-order valence-corrected chi connectivity index (χ1v) is 15.3. The van der Waals surface area contributed by atoms with Crippen molar-refractivity contribution >= 4 is 25.8 Å². The number of sulfone groups is 1. The highest BCUT2D eigenvalue weighted by Gasteiger charge is 2.30. The molecule has 0 aromatic heterocycles. The molecule has 8 nitrogen and oxygen atoms in total. The van der Waals surface area contributed by atoms with Crippen molar-refractivity contribution in [2.75, 3.05) is 13.1 Å². The van der Waals surface area contributed by atoms with Gasteiger partial charge in [0.25, 0.3) is 5.91 Å². The highest BCUT2D eigenvalue weighted by Crippen LogP contribution is 2.30. The summed E-state index contributed by atoms with van der Waals surface area (Å²) in [6.45, 7) is 4.44. The fourth-order valence-corrected chi connectivity index (χ4v) is 7.56.